The van der Waals surface area contributed by atoms with Crippen LogP contribution in [0.5, 0.6) is 0 Å². The molecule has 0 bridgehead atoms. The molecule has 0 fully saturated rings. The number of carbonyl (C=O) groups is 1. The highest BCUT2D eigenvalue weighted by molar-refractivity contribution is 5.94. The minimum atomic E-state index is -0.492. The van der Waals surface area contributed by atoms with Gasteiger partial charge in [0.2, 0.25) is 0 Å². The average Bonchev–Trinajstić information content (AvgIpc) is 2.03. The van der Waals surface area contributed by atoms with E-state index in [0.717, 1.165) is 0 Å². The van der Waals surface area contributed by atoms with Gasteiger partial charge in [-0.3, -0.25) is 4.79 Å². The monoisotopic (exact) mass is 199 g/mol. The van der Waals surface area contributed by atoms with Gasteiger partial charge in [0, 0.05) is 18.9 Å². The van der Waals surface area contributed by atoms with Crippen LogP contribution >= 0.6 is 0 Å². The number of nitrogens with two attached hydrogens (primary N) is 1. The zero-order chi connectivity index (χ0) is 11.4. The van der Waals surface area contributed by atoms with E-state index in [2.05, 4.69) is 0 Å². The van der Waals surface area contributed by atoms with E-state index in [1.54, 1.807) is 7.11 Å². The van der Waals surface area contributed by atoms with Crippen LogP contribution in [0.4, 0.5) is 0 Å². The molecule has 0 amide bonds. The third kappa shape index (κ3) is 3.92. The van der Waals surface area contributed by atoms with Gasteiger partial charge < -0.3 is 10.5 Å². The lowest BCUT2D eigenvalue weighted by Gasteiger charge is -2.20. The second-order valence-corrected chi connectivity index (χ2v) is 4.48. The molecule has 0 aliphatic carbocycles. The van der Waals surface area contributed by atoms with E-state index in [1.165, 1.54) is 6.08 Å². The molecule has 0 heterocycles. The van der Waals surface area contributed by atoms with E-state index in [-0.39, 0.29) is 11.7 Å². The Morgan fingerprint density at radius 1 is 1.50 bits per heavy atom. The van der Waals surface area contributed by atoms with Crippen LogP contribution in [0.1, 0.15) is 27.7 Å². The molecule has 0 aliphatic heterocycles. The van der Waals surface area contributed by atoms with Crippen LogP contribution in [-0.2, 0) is 9.53 Å². The molecule has 14 heavy (non-hydrogen) atoms. The van der Waals surface area contributed by atoms with Gasteiger partial charge in [0.05, 0.1) is 12.0 Å². The quantitative estimate of drug-likeness (QED) is 0.686. The van der Waals surface area contributed by atoms with Crippen LogP contribution in [0.15, 0.2) is 11.8 Å². The Morgan fingerprint density at radius 2 is 2.00 bits per heavy atom. The average molecular weight is 199 g/mol. The Bertz CT molecular complexity index is 229. The van der Waals surface area contributed by atoms with Crippen molar-refractivity contribution in [3.63, 3.8) is 0 Å². The number of hydrogen-bond donors (Lipinski definition) is 1. The van der Waals surface area contributed by atoms with Crippen LogP contribution in [0.25, 0.3) is 0 Å². The summed E-state index contributed by atoms with van der Waals surface area (Å²) in [5, 5.41) is 0. The van der Waals surface area contributed by atoms with E-state index in [0.29, 0.717) is 12.3 Å². The predicted molar refractivity (Wildman–Crippen MR) is 57.8 cm³/mol. The molecular weight excluding hydrogens is 178 g/mol. The van der Waals surface area contributed by atoms with E-state index in [9.17, 15) is 4.79 Å². The number of carbonyl (C=O) groups excluding carboxylic acids is 1. The molecule has 0 aromatic rings. The van der Waals surface area contributed by atoms with Crippen molar-refractivity contribution in [1.29, 1.82) is 0 Å². The van der Waals surface area contributed by atoms with E-state index >= 15 is 0 Å². The van der Waals surface area contributed by atoms with Gasteiger partial charge >= 0.3 is 0 Å². The first kappa shape index (κ1) is 13.2. The molecule has 2 N–H and O–H groups in total. The smallest absolute Gasteiger partial charge is 0.165 e. The zero-order valence-corrected chi connectivity index (χ0v) is 9.76. The first-order chi connectivity index (χ1) is 6.31. The fourth-order valence-electron chi connectivity index (χ4n) is 0.945. The second-order valence-electron chi connectivity index (χ2n) is 4.48. The molecule has 0 saturated carbocycles. The van der Waals surface area contributed by atoms with Gasteiger partial charge in [0.1, 0.15) is 0 Å². The zero-order valence-electron chi connectivity index (χ0n) is 9.76. The van der Waals surface area contributed by atoms with Crippen molar-refractivity contribution < 1.29 is 9.53 Å². The summed E-state index contributed by atoms with van der Waals surface area (Å²) in [7, 11) is 1.59. The summed E-state index contributed by atoms with van der Waals surface area (Å²) in [4.78, 5) is 11.7. The van der Waals surface area contributed by atoms with Crippen LogP contribution in [-0.4, -0.2) is 19.5 Å². The number of methoxy groups -OCH3 is 1. The summed E-state index contributed by atoms with van der Waals surface area (Å²) in [5.41, 5.74) is 5.84. The van der Waals surface area contributed by atoms with E-state index in [1.807, 2.05) is 27.7 Å². The number of hydrogen-bond acceptors (Lipinski definition) is 3. The van der Waals surface area contributed by atoms with Gasteiger partial charge in [0.25, 0.3) is 0 Å². The SMILES string of the molecule is COCC(C)(C)C(=O)C=C(N)C(C)C. The van der Waals surface area contributed by atoms with Crippen molar-refractivity contribution in [3.8, 4) is 0 Å². The van der Waals surface area contributed by atoms with Crippen LogP contribution in [0, 0.1) is 11.3 Å². The van der Waals surface area contributed by atoms with Crippen molar-refractivity contribution in [1.82, 2.24) is 0 Å². The lowest BCUT2D eigenvalue weighted by atomic mass is 9.88. The minimum Gasteiger partial charge on any atom is -0.402 e. The lowest BCUT2D eigenvalue weighted by Crippen LogP contribution is -2.28. The first-order valence-electron chi connectivity index (χ1n) is 4.81. The van der Waals surface area contributed by atoms with E-state index in [4.69, 9.17) is 10.5 Å². The highest BCUT2D eigenvalue weighted by atomic mass is 16.5. The fraction of sp³-hybridized carbons (Fsp3) is 0.727. The molecule has 0 saturated heterocycles. The predicted octanol–water partition coefficient (Wildman–Crippen LogP) is 1.73. The van der Waals surface area contributed by atoms with Crippen molar-refractivity contribution >= 4 is 5.78 Å². The van der Waals surface area contributed by atoms with Crippen molar-refractivity contribution in [2.75, 3.05) is 13.7 Å². The lowest BCUT2D eigenvalue weighted by molar-refractivity contribution is -0.124. The maximum atomic E-state index is 11.7. The Balaban J connectivity index is 4.55. The summed E-state index contributed by atoms with van der Waals surface area (Å²) in [6.07, 6.45) is 1.52. The van der Waals surface area contributed by atoms with Gasteiger partial charge in [-0.1, -0.05) is 27.7 Å². The van der Waals surface area contributed by atoms with E-state index < -0.39 is 5.41 Å². The molecule has 3 nitrogen and oxygen atoms in total. The highest BCUT2D eigenvalue weighted by Crippen LogP contribution is 2.18. The molecule has 3 heteroatoms. The van der Waals surface area contributed by atoms with Crippen LogP contribution in [0.2, 0.25) is 0 Å². The third-order valence-electron chi connectivity index (χ3n) is 2.14. The number of rotatable bonds is 5. The summed E-state index contributed by atoms with van der Waals surface area (Å²) in [5.74, 6) is 0.225. The molecule has 0 aromatic heterocycles. The Labute approximate surface area is 86.3 Å². The molecule has 0 radical (unpaired) electrons. The van der Waals surface area contributed by atoms with Gasteiger partial charge in [-0.25, -0.2) is 0 Å². The summed E-state index contributed by atoms with van der Waals surface area (Å²) in [6.45, 7) is 8.03. The summed E-state index contributed by atoms with van der Waals surface area (Å²) < 4.78 is 4.98. The molecule has 82 valence electrons. The fourth-order valence-corrected chi connectivity index (χ4v) is 0.945. The Hall–Kier alpha value is -0.830. The topological polar surface area (TPSA) is 52.3 Å². The molecule has 0 spiro atoms. The maximum absolute atomic E-state index is 11.7. The van der Waals surface area contributed by atoms with Gasteiger partial charge in [0.15, 0.2) is 5.78 Å². The summed E-state index contributed by atoms with van der Waals surface area (Å²) in [6, 6.07) is 0. The number of ketones is 1. The van der Waals surface area contributed by atoms with Crippen molar-refractivity contribution in [2.24, 2.45) is 17.1 Å². The first-order valence-corrected chi connectivity index (χ1v) is 4.81. The van der Waals surface area contributed by atoms with Gasteiger partial charge in [-0.15, -0.1) is 0 Å². The molecule has 0 unspecified atom stereocenters. The largest absolute Gasteiger partial charge is 0.402 e. The van der Waals surface area contributed by atoms with Crippen molar-refractivity contribution in [2.45, 2.75) is 27.7 Å². The van der Waals surface area contributed by atoms with Crippen molar-refractivity contribution in [3.05, 3.63) is 11.8 Å². The van der Waals surface area contributed by atoms with Crippen LogP contribution in [0.3, 0.4) is 0 Å². The minimum absolute atomic E-state index is 0.0190. The second kappa shape index (κ2) is 5.15. The van der Waals surface area contributed by atoms with Gasteiger partial charge in [-0.2, -0.15) is 0 Å². The van der Waals surface area contributed by atoms with Crippen LogP contribution < -0.4 is 5.73 Å². The maximum Gasteiger partial charge on any atom is 0.165 e. The highest BCUT2D eigenvalue weighted by Gasteiger charge is 2.25. The standard InChI is InChI=1S/C11H21NO2/c1-8(2)9(12)6-10(13)11(3,4)7-14-5/h6,8H,7,12H2,1-5H3. The third-order valence-corrected chi connectivity index (χ3v) is 2.14. The Morgan fingerprint density at radius 3 is 2.36 bits per heavy atom. The Kier molecular flexibility index (Phi) is 4.85. The normalized spacial score (nSPS) is 13.4. The van der Waals surface area contributed by atoms with Gasteiger partial charge in [-0.05, 0) is 5.92 Å². The molecule has 0 aliphatic rings. The summed E-state index contributed by atoms with van der Waals surface area (Å²) >= 11 is 0. The molecule has 0 atom stereocenters. The molecule has 0 rings (SSSR count). The molecule has 0 aromatic carbocycles. The molecular formula is C11H21NO2. The number of allylic oxidation sites excluding steroid dienone is 2. The number of ether oxygens (including phenoxy) is 1.